The van der Waals surface area contributed by atoms with Crippen molar-refractivity contribution in [1.29, 1.82) is 0 Å². The van der Waals surface area contributed by atoms with Crippen LogP contribution in [-0.2, 0) is 0 Å². The third kappa shape index (κ3) is 1.54. The van der Waals surface area contributed by atoms with Crippen LogP contribution in [0, 0.1) is 12.8 Å². The number of benzene rings is 3. The Kier molecular flexibility index (Phi) is 2.54. The Labute approximate surface area is 162 Å². The molecule has 0 spiro atoms. The van der Waals surface area contributed by atoms with Gasteiger partial charge in [-0.2, -0.15) is 0 Å². The number of aryl methyl sites for hydroxylation is 1. The molecule has 4 aromatic rings. The maximum absolute atomic E-state index is 13.7. The highest BCUT2D eigenvalue weighted by molar-refractivity contribution is 5.98. The molecule has 0 amide bonds. The molecule has 8 rings (SSSR count). The summed E-state index contributed by atoms with van der Waals surface area (Å²) in [4.78, 5) is 18.7. The summed E-state index contributed by atoms with van der Waals surface area (Å²) >= 11 is 0. The summed E-state index contributed by atoms with van der Waals surface area (Å²) in [5.41, 5.74) is 8.44. The highest BCUT2D eigenvalue weighted by atomic mass is 16.2. The van der Waals surface area contributed by atoms with E-state index in [2.05, 4.69) is 67.6 Å². The minimum atomic E-state index is -0.0535. The SMILES string of the molecule is Cc1ccc2nc3n(c2c1)C(=O)[C@H]1C2c4ccccc4C(c4ccccc42)[C@H]31. The number of rotatable bonds is 0. The molecular formula is C25H18N2O. The van der Waals surface area contributed by atoms with Crippen molar-refractivity contribution >= 4 is 16.9 Å². The molecule has 134 valence electrons. The number of carbonyl (C=O) groups is 1. The van der Waals surface area contributed by atoms with Crippen LogP contribution in [0.2, 0.25) is 0 Å². The van der Waals surface area contributed by atoms with Crippen molar-refractivity contribution in [2.24, 2.45) is 5.92 Å². The highest BCUT2D eigenvalue weighted by Gasteiger charge is 2.58. The maximum atomic E-state index is 13.7. The third-order valence-corrected chi connectivity index (χ3v) is 7.08. The summed E-state index contributed by atoms with van der Waals surface area (Å²) < 4.78 is 1.93. The summed E-state index contributed by atoms with van der Waals surface area (Å²) in [6.45, 7) is 2.07. The van der Waals surface area contributed by atoms with Crippen LogP contribution in [0.15, 0.2) is 66.7 Å². The molecule has 0 N–H and O–H groups in total. The second-order valence-electron chi connectivity index (χ2n) is 8.40. The Morgan fingerprint density at radius 2 is 1.36 bits per heavy atom. The number of aromatic nitrogens is 2. The number of carbonyl (C=O) groups excluding carboxylic acids is 1. The zero-order chi connectivity index (χ0) is 18.6. The first-order valence-electron chi connectivity index (χ1n) is 9.95. The predicted molar refractivity (Wildman–Crippen MR) is 108 cm³/mol. The van der Waals surface area contributed by atoms with Gasteiger partial charge in [0.05, 0.1) is 17.0 Å². The molecule has 0 saturated carbocycles. The van der Waals surface area contributed by atoms with Gasteiger partial charge >= 0.3 is 0 Å². The number of fused-ring (bicyclic) bond motifs is 3. The van der Waals surface area contributed by atoms with Gasteiger partial charge in [0.15, 0.2) is 0 Å². The van der Waals surface area contributed by atoms with Gasteiger partial charge in [0, 0.05) is 17.8 Å². The molecule has 1 aliphatic heterocycles. The van der Waals surface area contributed by atoms with E-state index in [9.17, 15) is 4.79 Å². The van der Waals surface area contributed by atoms with Crippen LogP contribution in [-0.4, -0.2) is 15.5 Å². The van der Waals surface area contributed by atoms with Gasteiger partial charge < -0.3 is 0 Å². The molecule has 3 nitrogen and oxygen atoms in total. The molecule has 2 heterocycles. The first-order valence-corrected chi connectivity index (χ1v) is 9.95. The molecule has 4 aliphatic rings. The summed E-state index contributed by atoms with van der Waals surface area (Å²) in [6, 6.07) is 23.6. The Balaban J connectivity index is 1.57. The predicted octanol–water partition coefficient (Wildman–Crippen LogP) is 4.99. The monoisotopic (exact) mass is 362 g/mol. The van der Waals surface area contributed by atoms with E-state index < -0.39 is 0 Å². The fraction of sp³-hybridized carbons (Fsp3) is 0.200. The van der Waals surface area contributed by atoms with E-state index in [0.29, 0.717) is 0 Å². The first-order chi connectivity index (χ1) is 13.7. The van der Waals surface area contributed by atoms with Gasteiger partial charge in [0.1, 0.15) is 5.82 Å². The van der Waals surface area contributed by atoms with Crippen molar-refractivity contribution in [1.82, 2.24) is 9.55 Å². The van der Waals surface area contributed by atoms with Gasteiger partial charge in [0.2, 0.25) is 5.91 Å². The fourth-order valence-electron chi connectivity index (χ4n) is 6.09. The summed E-state index contributed by atoms with van der Waals surface area (Å²) in [7, 11) is 0. The van der Waals surface area contributed by atoms with Gasteiger partial charge in [-0.05, 0) is 46.9 Å². The lowest BCUT2D eigenvalue weighted by molar-refractivity contribution is 0.0829. The molecular weight excluding hydrogens is 344 g/mol. The van der Waals surface area contributed by atoms with Crippen molar-refractivity contribution in [2.45, 2.75) is 24.7 Å². The third-order valence-electron chi connectivity index (χ3n) is 7.08. The van der Waals surface area contributed by atoms with Gasteiger partial charge in [-0.15, -0.1) is 0 Å². The van der Waals surface area contributed by atoms with Crippen molar-refractivity contribution in [3.8, 4) is 0 Å². The average Bonchev–Trinajstić information content (AvgIpc) is 3.24. The van der Waals surface area contributed by atoms with Crippen molar-refractivity contribution in [3.63, 3.8) is 0 Å². The van der Waals surface area contributed by atoms with Crippen LogP contribution in [0.5, 0.6) is 0 Å². The molecule has 3 aliphatic carbocycles. The van der Waals surface area contributed by atoms with E-state index in [4.69, 9.17) is 4.98 Å². The van der Waals surface area contributed by atoms with Crippen LogP contribution in [0.3, 0.4) is 0 Å². The van der Waals surface area contributed by atoms with Crippen LogP contribution in [0.25, 0.3) is 11.0 Å². The molecule has 1 aromatic heterocycles. The van der Waals surface area contributed by atoms with Gasteiger partial charge in [-0.1, -0.05) is 54.6 Å². The largest absolute Gasteiger partial charge is 0.274 e. The van der Waals surface area contributed by atoms with Crippen LogP contribution in [0.1, 0.15) is 56.2 Å². The lowest BCUT2D eigenvalue weighted by atomic mass is 9.55. The number of nitrogens with zero attached hydrogens (tertiary/aromatic N) is 2. The molecule has 0 radical (unpaired) electrons. The quantitative estimate of drug-likeness (QED) is 0.442. The average molecular weight is 362 g/mol. The second kappa shape index (κ2) is 4.79. The fourth-order valence-corrected chi connectivity index (χ4v) is 6.09. The number of hydrogen-bond donors (Lipinski definition) is 0. The van der Waals surface area contributed by atoms with E-state index in [0.717, 1.165) is 22.4 Å². The molecule has 2 bridgehead atoms. The van der Waals surface area contributed by atoms with Crippen LogP contribution < -0.4 is 0 Å². The Hall–Kier alpha value is -3.20. The summed E-state index contributed by atoms with van der Waals surface area (Å²) in [5.74, 6) is 1.56. The van der Waals surface area contributed by atoms with Gasteiger partial charge in [0.25, 0.3) is 0 Å². The topological polar surface area (TPSA) is 34.9 Å². The molecule has 2 atom stereocenters. The molecule has 28 heavy (non-hydrogen) atoms. The zero-order valence-corrected chi connectivity index (χ0v) is 15.5. The van der Waals surface area contributed by atoms with E-state index in [1.54, 1.807) is 0 Å². The minimum Gasteiger partial charge on any atom is -0.274 e. The molecule has 3 heteroatoms. The summed E-state index contributed by atoms with van der Waals surface area (Å²) in [6.07, 6.45) is 0. The molecule has 0 fully saturated rings. The van der Waals surface area contributed by atoms with Gasteiger partial charge in [-0.3, -0.25) is 9.36 Å². The van der Waals surface area contributed by atoms with E-state index in [1.807, 2.05) is 10.6 Å². The first kappa shape index (κ1) is 14.8. The Bertz CT molecular complexity index is 1280. The molecule has 3 aromatic carbocycles. The van der Waals surface area contributed by atoms with E-state index >= 15 is 0 Å². The molecule has 0 saturated heterocycles. The van der Waals surface area contributed by atoms with E-state index in [1.165, 1.54) is 22.3 Å². The van der Waals surface area contributed by atoms with Crippen molar-refractivity contribution < 1.29 is 4.79 Å². The maximum Gasteiger partial charge on any atom is 0.237 e. The number of imidazole rings is 1. The Morgan fingerprint density at radius 1 is 0.786 bits per heavy atom. The normalized spacial score (nSPS) is 26.1. The van der Waals surface area contributed by atoms with Crippen molar-refractivity contribution in [2.75, 3.05) is 0 Å². The zero-order valence-electron chi connectivity index (χ0n) is 15.5. The molecule has 0 unspecified atom stereocenters. The van der Waals surface area contributed by atoms with Gasteiger partial charge in [-0.25, -0.2) is 4.98 Å². The standard InChI is InChI=1S/C25H18N2O/c1-13-10-11-18-19(12-13)27-24(26-18)22-20-14-6-2-4-8-16(14)21(23(22)25(27)28)17-9-5-3-7-15(17)20/h2-12,20-23H,1H3/t20?,21?,22-,23-/m0/s1. The minimum absolute atomic E-state index is 0.0535. The van der Waals surface area contributed by atoms with Crippen LogP contribution >= 0.6 is 0 Å². The van der Waals surface area contributed by atoms with E-state index in [-0.39, 0.29) is 29.6 Å². The second-order valence-corrected chi connectivity index (χ2v) is 8.40. The summed E-state index contributed by atoms with van der Waals surface area (Å²) in [5, 5.41) is 0. The smallest absolute Gasteiger partial charge is 0.237 e. The lowest BCUT2D eigenvalue weighted by Gasteiger charge is -2.46. The van der Waals surface area contributed by atoms with Crippen molar-refractivity contribution in [3.05, 3.63) is 100 Å². The lowest BCUT2D eigenvalue weighted by Crippen LogP contribution is -2.39. The highest BCUT2D eigenvalue weighted by Crippen LogP contribution is 2.63. The van der Waals surface area contributed by atoms with Crippen LogP contribution in [0.4, 0.5) is 0 Å². The Morgan fingerprint density at radius 3 is 1.96 bits per heavy atom. The number of hydrogen-bond acceptors (Lipinski definition) is 2.